The molecule has 6 heteroatoms. The van der Waals surface area contributed by atoms with Crippen molar-refractivity contribution in [2.75, 3.05) is 6.54 Å². The van der Waals surface area contributed by atoms with Gasteiger partial charge in [-0.2, -0.15) is 0 Å². The number of nitrogens with one attached hydrogen (secondary N) is 2. The number of benzene rings is 2. The van der Waals surface area contributed by atoms with Gasteiger partial charge >= 0.3 is 0 Å². The Morgan fingerprint density at radius 3 is 2.25 bits per heavy atom. The van der Waals surface area contributed by atoms with Crippen molar-refractivity contribution >= 4 is 15.9 Å². The minimum atomic E-state index is -3.51. The summed E-state index contributed by atoms with van der Waals surface area (Å²) >= 11 is 0. The smallest absolute Gasteiger partial charge is 0.251 e. The number of carbonyl (C=O) groups is 1. The first-order valence-corrected chi connectivity index (χ1v) is 9.38. The van der Waals surface area contributed by atoms with Crippen LogP contribution in [0.15, 0.2) is 59.5 Å². The van der Waals surface area contributed by atoms with Gasteiger partial charge in [-0.1, -0.05) is 37.3 Å². The highest BCUT2D eigenvalue weighted by atomic mass is 32.2. The fourth-order valence-corrected chi connectivity index (χ4v) is 3.34. The first-order chi connectivity index (χ1) is 11.4. The first-order valence-electron chi connectivity index (χ1n) is 7.89. The number of hydrogen-bond acceptors (Lipinski definition) is 3. The molecule has 0 heterocycles. The van der Waals surface area contributed by atoms with E-state index < -0.39 is 10.0 Å². The van der Waals surface area contributed by atoms with Gasteiger partial charge in [0, 0.05) is 12.1 Å². The molecular weight excluding hydrogens is 324 g/mol. The second-order valence-electron chi connectivity index (χ2n) is 5.53. The molecule has 0 bridgehead atoms. The molecule has 2 aromatic carbocycles. The zero-order valence-electron chi connectivity index (χ0n) is 13.8. The standard InChI is InChI=1S/C18H22N2O3S/c1-3-13-19-24(22,23)17-11-9-16(10-12-17)18(21)20-14(2)15-7-5-4-6-8-15/h4-12,14,19H,3,13H2,1-2H3,(H,20,21). The quantitative estimate of drug-likeness (QED) is 0.809. The van der Waals surface area contributed by atoms with E-state index in [1.54, 1.807) is 0 Å². The molecule has 0 saturated heterocycles. The Hall–Kier alpha value is -2.18. The Morgan fingerprint density at radius 1 is 1.04 bits per heavy atom. The molecule has 0 aliphatic heterocycles. The third-order valence-corrected chi connectivity index (χ3v) is 5.09. The van der Waals surface area contributed by atoms with Gasteiger partial charge < -0.3 is 5.32 Å². The van der Waals surface area contributed by atoms with Crippen molar-refractivity contribution in [3.63, 3.8) is 0 Å². The Morgan fingerprint density at radius 2 is 1.67 bits per heavy atom. The number of amides is 1. The Kier molecular flexibility index (Phi) is 6.11. The Labute approximate surface area is 143 Å². The topological polar surface area (TPSA) is 75.3 Å². The van der Waals surface area contributed by atoms with E-state index in [1.165, 1.54) is 24.3 Å². The summed E-state index contributed by atoms with van der Waals surface area (Å²) in [4.78, 5) is 12.4. The first kappa shape index (κ1) is 18.2. The lowest BCUT2D eigenvalue weighted by molar-refractivity contribution is 0.0940. The van der Waals surface area contributed by atoms with Crippen molar-refractivity contribution in [3.8, 4) is 0 Å². The summed E-state index contributed by atoms with van der Waals surface area (Å²) in [5.41, 5.74) is 1.43. The van der Waals surface area contributed by atoms with Crippen LogP contribution in [-0.2, 0) is 10.0 Å². The highest BCUT2D eigenvalue weighted by Crippen LogP contribution is 2.14. The number of hydrogen-bond donors (Lipinski definition) is 2. The zero-order valence-corrected chi connectivity index (χ0v) is 14.6. The van der Waals surface area contributed by atoms with Crippen molar-refractivity contribution in [1.82, 2.24) is 10.0 Å². The molecule has 128 valence electrons. The molecule has 5 nitrogen and oxygen atoms in total. The number of carbonyl (C=O) groups excluding carboxylic acids is 1. The summed E-state index contributed by atoms with van der Waals surface area (Å²) in [7, 11) is -3.51. The van der Waals surface area contributed by atoms with Gasteiger partial charge in [0.15, 0.2) is 0 Å². The third kappa shape index (κ3) is 4.66. The summed E-state index contributed by atoms with van der Waals surface area (Å²) in [5, 5.41) is 2.90. The molecule has 0 fully saturated rings. The molecule has 0 saturated carbocycles. The molecule has 2 rings (SSSR count). The molecule has 2 aromatic rings. The van der Waals surface area contributed by atoms with Gasteiger partial charge in [-0.15, -0.1) is 0 Å². The Balaban J connectivity index is 2.06. The molecule has 0 aliphatic rings. The van der Waals surface area contributed by atoms with Gasteiger partial charge in [0.25, 0.3) is 5.91 Å². The van der Waals surface area contributed by atoms with E-state index in [0.717, 1.165) is 12.0 Å². The average molecular weight is 346 g/mol. The van der Waals surface area contributed by atoms with Crippen LogP contribution in [0.5, 0.6) is 0 Å². The molecule has 24 heavy (non-hydrogen) atoms. The van der Waals surface area contributed by atoms with Gasteiger partial charge in [-0.25, -0.2) is 13.1 Å². The van der Waals surface area contributed by atoms with E-state index in [-0.39, 0.29) is 16.8 Å². The van der Waals surface area contributed by atoms with Gasteiger partial charge in [0.05, 0.1) is 10.9 Å². The second kappa shape index (κ2) is 8.08. The zero-order chi connectivity index (χ0) is 17.6. The maximum Gasteiger partial charge on any atom is 0.251 e. The van der Waals surface area contributed by atoms with E-state index in [2.05, 4.69) is 10.0 Å². The molecule has 0 aliphatic carbocycles. The van der Waals surface area contributed by atoms with Crippen LogP contribution in [0.2, 0.25) is 0 Å². The van der Waals surface area contributed by atoms with Crippen molar-refractivity contribution in [3.05, 3.63) is 65.7 Å². The number of sulfonamides is 1. The fourth-order valence-electron chi connectivity index (χ4n) is 2.21. The maximum absolute atomic E-state index is 12.3. The van der Waals surface area contributed by atoms with Gasteiger partial charge in [0.2, 0.25) is 10.0 Å². The van der Waals surface area contributed by atoms with E-state index in [0.29, 0.717) is 12.1 Å². The molecule has 1 amide bonds. The molecule has 1 unspecified atom stereocenters. The third-order valence-electron chi connectivity index (χ3n) is 3.62. The van der Waals surface area contributed by atoms with E-state index in [9.17, 15) is 13.2 Å². The van der Waals surface area contributed by atoms with Gasteiger partial charge in [-0.05, 0) is 43.2 Å². The van der Waals surface area contributed by atoms with Crippen LogP contribution in [-0.4, -0.2) is 20.9 Å². The van der Waals surface area contributed by atoms with E-state index in [1.807, 2.05) is 44.2 Å². The molecular formula is C18H22N2O3S. The van der Waals surface area contributed by atoms with Crippen LogP contribution in [0.25, 0.3) is 0 Å². The summed E-state index contributed by atoms with van der Waals surface area (Å²) in [6, 6.07) is 15.4. The highest BCUT2D eigenvalue weighted by molar-refractivity contribution is 7.89. The molecule has 0 aromatic heterocycles. The van der Waals surface area contributed by atoms with Crippen molar-refractivity contribution in [1.29, 1.82) is 0 Å². The maximum atomic E-state index is 12.3. The molecule has 0 spiro atoms. The van der Waals surface area contributed by atoms with E-state index in [4.69, 9.17) is 0 Å². The largest absolute Gasteiger partial charge is 0.346 e. The lowest BCUT2D eigenvalue weighted by Gasteiger charge is -2.14. The predicted octanol–water partition coefficient (Wildman–Crippen LogP) is 2.87. The van der Waals surface area contributed by atoms with E-state index >= 15 is 0 Å². The normalized spacial score (nSPS) is 12.6. The molecule has 0 radical (unpaired) electrons. The monoisotopic (exact) mass is 346 g/mol. The van der Waals surface area contributed by atoms with Crippen LogP contribution in [0.1, 0.15) is 42.2 Å². The van der Waals surface area contributed by atoms with Gasteiger partial charge in [-0.3, -0.25) is 4.79 Å². The minimum Gasteiger partial charge on any atom is -0.346 e. The fraction of sp³-hybridized carbons (Fsp3) is 0.278. The van der Waals surface area contributed by atoms with Crippen LogP contribution in [0.3, 0.4) is 0 Å². The van der Waals surface area contributed by atoms with Crippen LogP contribution in [0.4, 0.5) is 0 Å². The molecule has 2 N–H and O–H groups in total. The SMILES string of the molecule is CCCNS(=O)(=O)c1ccc(C(=O)NC(C)c2ccccc2)cc1. The van der Waals surface area contributed by atoms with Crippen molar-refractivity contribution < 1.29 is 13.2 Å². The predicted molar refractivity (Wildman–Crippen MR) is 94.2 cm³/mol. The summed E-state index contributed by atoms with van der Waals surface area (Å²) in [6.45, 7) is 4.18. The minimum absolute atomic E-state index is 0.131. The highest BCUT2D eigenvalue weighted by Gasteiger charge is 2.15. The average Bonchev–Trinajstić information content (AvgIpc) is 2.60. The lowest BCUT2D eigenvalue weighted by atomic mass is 10.1. The van der Waals surface area contributed by atoms with Gasteiger partial charge in [0.1, 0.15) is 0 Å². The lowest BCUT2D eigenvalue weighted by Crippen LogP contribution is -2.27. The van der Waals surface area contributed by atoms with Crippen LogP contribution < -0.4 is 10.0 Å². The number of rotatable bonds is 7. The second-order valence-corrected chi connectivity index (χ2v) is 7.29. The summed E-state index contributed by atoms with van der Waals surface area (Å²) in [6.07, 6.45) is 0.719. The van der Waals surface area contributed by atoms with Crippen LogP contribution in [0, 0.1) is 0 Å². The Bertz CT molecular complexity index is 772. The van der Waals surface area contributed by atoms with Crippen molar-refractivity contribution in [2.45, 2.75) is 31.2 Å². The molecule has 1 atom stereocenters. The summed E-state index contributed by atoms with van der Waals surface area (Å²) in [5.74, 6) is -0.239. The van der Waals surface area contributed by atoms with Crippen molar-refractivity contribution in [2.24, 2.45) is 0 Å². The van der Waals surface area contributed by atoms with Crippen LogP contribution >= 0.6 is 0 Å². The summed E-state index contributed by atoms with van der Waals surface area (Å²) < 4.78 is 26.5.